The van der Waals surface area contributed by atoms with Gasteiger partial charge in [-0.3, -0.25) is 9.82 Å². The number of nitrogens with zero attached hydrogens (tertiary/aromatic N) is 2. The van der Waals surface area contributed by atoms with Crippen LogP contribution in [0.3, 0.4) is 0 Å². The van der Waals surface area contributed by atoms with Gasteiger partial charge in [-0.25, -0.2) is 8.42 Å². The van der Waals surface area contributed by atoms with Crippen LogP contribution in [-0.4, -0.2) is 18.6 Å². The molecule has 7 heteroatoms. The molecule has 2 N–H and O–H groups in total. The number of sulfonamides is 1. The summed E-state index contributed by atoms with van der Waals surface area (Å²) in [7, 11) is -3.52. The maximum absolute atomic E-state index is 12.1. The molecule has 1 heterocycles. The first-order valence-electron chi connectivity index (χ1n) is 6.56. The quantitative estimate of drug-likeness (QED) is 0.854. The van der Waals surface area contributed by atoms with Crippen LogP contribution >= 0.6 is 0 Å². The van der Waals surface area contributed by atoms with Gasteiger partial charge in [0.15, 0.2) is 5.82 Å². The average Bonchev–Trinajstić information content (AvgIpc) is 2.86. The predicted octanol–water partition coefficient (Wildman–Crippen LogP) is 2.18. The summed E-state index contributed by atoms with van der Waals surface area (Å²) < 4.78 is 26.6. The number of hydrogen-bond donors (Lipinski definition) is 2. The molecule has 21 heavy (non-hydrogen) atoms. The zero-order valence-corrected chi connectivity index (χ0v) is 12.4. The lowest BCUT2D eigenvalue weighted by molar-refractivity contribution is 0.600. The van der Waals surface area contributed by atoms with Crippen LogP contribution in [0.2, 0.25) is 0 Å². The summed E-state index contributed by atoms with van der Waals surface area (Å²) in [4.78, 5) is 0. The molecule has 0 saturated carbocycles. The van der Waals surface area contributed by atoms with Crippen LogP contribution in [0.1, 0.15) is 30.2 Å². The Balaban J connectivity index is 2.05. The fourth-order valence-corrected chi connectivity index (χ4v) is 3.03. The number of anilines is 1. The molecule has 0 aliphatic heterocycles. The number of rotatable bonds is 6. The van der Waals surface area contributed by atoms with Crippen LogP contribution in [0.15, 0.2) is 30.3 Å². The normalized spacial score (nSPS) is 11.0. The molecule has 110 valence electrons. The first-order chi connectivity index (χ1) is 10.0. The molecule has 1 aromatic heterocycles. The van der Waals surface area contributed by atoms with Crippen LogP contribution in [-0.2, 0) is 22.2 Å². The monoisotopic (exact) mass is 304 g/mol. The Morgan fingerprint density at radius 2 is 2.05 bits per heavy atom. The van der Waals surface area contributed by atoms with Crippen molar-refractivity contribution in [3.05, 3.63) is 47.2 Å². The third-order valence-corrected chi connectivity index (χ3v) is 4.08. The highest BCUT2D eigenvalue weighted by Gasteiger charge is 2.13. The fourth-order valence-electron chi connectivity index (χ4n) is 1.90. The molecule has 0 spiro atoms. The summed E-state index contributed by atoms with van der Waals surface area (Å²) in [6.07, 6.45) is 1.78. The highest BCUT2D eigenvalue weighted by atomic mass is 32.2. The minimum atomic E-state index is -3.52. The molecule has 0 radical (unpaired) electrons. The van der Waals surface area contributed by atoms with E-state index in [1.807, 2.05) is 13.0 Å². The number of benzene rings is 1. The summed E-state index contributed by atoms with van der Waals surface area (Å²) in [6, 6.07) is 10.1. The van der Waals surface area contributed by atoms with E-state index < -0.39 is 10.0 Å². The maximum Gasteiger partial charge on any atom is 0.238 e. The van der Waals surface area contributed by atoms with Gasteiger partial charge in [0.25, 0.3) is 0 Å². The lowest BCUT2D eigenvalue weighted by atomic mass is 10.2. The van der Waals surface area contributed by atoms with Crippen molar-refractivity contribution in [1.29, 1.82) is 5.26 Å². The number of nitrogens with one attached hydrogen (secondary N) is 2. The average molecular weight is 304 g/mol. The fraction of sp³-hybridized carbons (Fsp3) is 0.286. The summed E-state index contributed by atoms with van der Waals surface area (Å²) in [5.41, 5.74) is 2.01. The van der Waals surface area contributed by atoms with Gasteiger partial charge >= 0.3 is 0 Å². The first-order valence-corrected chi connectivity index (χ1v) is 8.21. The van der Waals surface area contributed by atoms with Crippen molar-refractivity contribution in [2.24, 2.45) is 0 Å². The molecule has 0 saturated heterocycles. The molecule has 0 atom stereocenters. The Kier molecular flexibility index (Phi) is 4.60. The van der Waals surface area contributed by atoms with Crippen molar-refractivity contribution in [3.8, 4) is 6.07 Å². The lowest BCUT2D eigenvalue weighted by Gasteiger charge is -2.05. The summed E-state index contributed by atoms with van der Waals surface area (Å²) >= 11 is 0. The molecule has 0 fully saturated rings. The predicted molar refractivity (Wildman–Crippen MR) is 80.0 cm³/mol. The van der Waals surface area contributed by atoms with E-state index in [2.05, 4.69) is 14.9 Å². The van der Waals surface area contributed by atoms with Gasteiger partial charge in [-0.05, 0) is 24.1 Å². The Bertz CT molecular complexity index is 742. The molecule has 2 rings (SSSR count). The van der Waals surface area contributed by atoms with Gasteiger partial charge in [0.05, 0.1) is 17.4 Å². The molecule has 0 bridgehead atoms. The van der Waals surface area contributed by atoms with Crippen LogP contribution < -0.4 is 4.72 Å². The van der Waals surface area contributed by atoms with Gasteiger partial charge in [-0.1, -0.05) is 25.5 Å². The number of aromatic amines is 1. The van der Waals surface area contributed by atoms with Gasteiger partial charge in [-0.15, -0.1) is 0 Å². The standard InChI is InChI=1S/C14H16N4O2S/c1-2-3-13-8-14(17-16-13)18-21(19,20)10-12-6-4-11(9-15)5-7-12/h4-8H,2-3,10H2,1H3,(H2,16,17,18). The molecule has 6 nitrogen and oxygen atoms in total. The SMILES string of the molecule is CCCc1cc(NS(=O)(=O)Cc2ccc(C#N)cc2)n[nH]1. The van der Waals surface area contributed by atoms with Crippen molar-refractivity contribution in [1.82, 2.24) is 10.2 Å². The van der Waals surface area contributed by atoms with E-state index >= 15 is 0 Å². The second kappa shape index (κ2) is 6.41. The summed E-state index contributed by atoms with van der Waals surface area (Å²) in [5.74, 6) is 0.140. The number of H-pyrrole nitrogens is 1. The molecule has 2 aromatic rings. The molecule has 0 amide bonds. The van der Waals surface area contributed by atoms with E-state index in [0.29, 0.717) is 16.9 Å². The molecule has 0 aliphatic rings. The van der Waals surface area contributed by atoms with E-state index in [9.17, 15) is 8.42 Å². The van der Waals surface area contributed by atoms with E-state index in [1.165, 1.54) is 0 Å². The zero-order chi connectivity index (χ0) is 15.3. The molecule has 1 aromatic carbocycles. The number of nitriles is 1. The van der Waals surface area contributed by atoms with Crippen LogP contribution in [0, 0.1) is 11.3 Å². The second-order valence-electron chi connectivity index (χ2n) is 4.70. The van der Waals surface area contributed by atoms with Gasteiger partial charge in [0.2, 0.25) is 10.0 Å². The topological polar surface area (TPSA) is 98.6 Å². The van der Waals surface area contributed by atoms with Crippen LogP contribution in [0.25, 0.3) is 0 Å². The zero-order valence-electron chi connectivity index (χ0n) is 11.6. The van der Waals surface area contributed by atoms with Crippen molar-refractivity contribution in [2.75, 3.05) is 4.72 Å². The van der Waals surface area contributed by atoms with Gasteiger partial charge in [0.1, 0.15) is 0 Å². The molecular weight excluding hydrogens is 288 g/mol. The van der Waals surface area contributed by atoms with Gasteiger partial charge < -0.3 is 0 Å². The Morgan fingerprint density at radius 1 is 1.33 bits per heavy atom. The third kappa shape index (κ3) is 4.33. The van der Waals surface area contributed by atoms with E-state index in [0.717, 1.165) is 18.5 Å². The van der Waals surface area contributed by atoms with Gasteiger partial charge in [0, 0.05) is 11.8 Å². The minimum absolute atomic E-state index is 0.158. The van der Waals surface area contributed by atoms with E-state index in [1.54, 1.807) is 30.3 Å². The smallest absolute Gasteiger partial charge is 0.238 e. The third-order valence-electron chi connectivity index (χ3n) is 2.85. The van der Waals surface area contributed by atoms with E-state index in [4.69, 9.17) is 5.26 Å². The Labute approximate surface area is 123 Å². The maximum atomic E-state index is 12.1. The van der Waals surface area contributed by atoms with Gasteiger partial charge in [-0.2, -0.15) is 10.4 Å². The molecular formula is C14H16N4O2S. The first kappa shape index (κ1) is 15.1. The van der Waals surface area contributed by atoms with Crippen LogP contribution in [0.5, 0.6) is 0 Å². The molecule has 0 aliphatic carbocycles. The summed E-state index contributed by atoms with van der Waals surface area (Å²) in [6.45, 7) is 2.04. The molecule has 0 unspecified atom stereocenters. The second-order valence-corrected chi connectivity index (χ2v) is 6.42. The van der Waals surface area contributed by atoms with Crippen LogP contribution in [0.4, 0.5) is 5.82 Å². The highest BCUT2D eigenvalue weighted by Crippen LogP contribution is 2.13. The Morgan fingerprint density at radius 3 is 2.67 bits per heavy atom. The lowest BCUT2D eigenvalue weighted by Crippen LogP contribution is -2.15. The van der Waals surface area contributed by atoms with Crippen molar-refractivity contribution in [2.45, 2.75) is 25.5 Å². The largest absolute Gasteiger partial charge is 0.280 e. The number of aromatic nitrogens is 2. The number of aryl methyl sites for hydroxylation is 1. The van der Waals surface area contributed by atoms with Crippen molar-refractivity contribution >= 4 is 15.8 Å². The highest BCUT2D eigenvalue weighted by molar-refractivity contribution is 7.91. The number of hydrogen-bond acceptors (Lipinski definition) is 4. The van der Waals surface area contributed by atoms with E-state index in [-0.39, 0.29) is 5.75 Å². The van der Waals surface area contributed by atoms with Crippen molar-refractivity contribution < 1.29 is 8.42 Å². The Hall–Kier alpha value is -2.33. The minimum Gasteiger partial charge on any atom is -0.280 e. The summed E-state index contributed by atoms with van der Waals surface area (Å²) in [5, 5.41) is 15.4. The van der Waals surface area contributed by atoms with Crippen molar-refractivity contribution in [3.63, 3.8) is 0 Å².